The number of ether oxygens (including phenoxy) is 3. The highest BCUT2D eigenvalue weighted by Crippen LogP contribution is 2.25. The van der Waals surface area contributed by atoms with Gasteiger partial charge in [0.2, 0.25) is 0 Å². The molecule has 5 heteroatoms. The summed E-state index contributed by atoms with van der Waals surface area (Å²) in [4.78, 5) is 0. The zero-order valence-electron chi connectivity index (χ0n) is 21.7. The van der Waals surface area contributed by atoms with Gasteiger partial charge in [-0.25, -0.2) is 0 Å². The third-order valence-electron chi connectivity index (χ3n) is 6.17. The van der Waals surface area contributed by atoms with E-state index in [1.807, 2.05) is 0 Å². The van der Waals surface area contributed by atoms with Crippen LogP contribution < -0.4 is 0 Å². The van der Waals surface area contributed by atoms with Crippen LogP contribution in [0.1, 0.15) is 106 Å². The summed E-state index contributed by atoms with van der Waals surface area (Å²) in [6, 6.07) is 0. The number of methoxy groups -OCH3 is 2. The normalized spacial score (nSPS) is 19.9. The minimum Gasteiger partial charge on any atom is -0.356 e. The average molecular weight is 484 g/mol. The molecule has 3 nitrogen and oxygen atoms in total. The average Bonchev–Trinajstić information content (AvgIpc) is 2.64. The third-order valence-corrected chi connectivity index (χ3v) is 6.52. The van der Waals surface area contributed by atoms with E-state index < -0.39 is 0 Å². The van der Waals surface area contributed by atoms with Gasteiger partial charge in [0.25, 0.3) is 0 Å². The summed E-state index contributed by atoms with van der Waals surface area (Å²) in [6.07, 6.45) is 10.7. The largest absolute Gasteiger partial charge is 0.356 e. The zero-order valence-corrected chi connectivity index (χ0v) is 23.2. The smallest absolute Gasteiger partial charge is 0.160 e. The minimum absolute atomic E-state index is 0.194. The standard InChI is InChI=1S/C26H52Cl2O3/c1-19(15-21(3)17-23(5)27)11-9-13-25(29-7)31-26(30-8)14-10-12-20(2)16-22(4)18-24(6)28/h19-26H,9-18H2,1-8H3. The Balaban J connectivity index is 4.13. The number of hydrogen-bond donors (Lipinski definition) is 0. The van der Waals surface area contributed by atoms with Crippen molar-refractivity contribution < 1.29 is 14.2 Å². The fourth-order valence-corrected chi connectivity index (χ4v) is 5.44. The number of rotatable bonds is 20. The zero-order chi connectivity index (χ0) is 23.8. The van der Waals surface area contributed by atoms with Gasteiger partial charge in [0.15, 0.2) is 12.6 Å². The van der Waals surface area contributed by atoms with Crippen LogP contribution in [-0.4, -0.2) is 37.6 Å². The minimum atomic E-state index is -0.194. The summed E-state index contributed by atoms with van der Waals surface area (Å²) < 4.78 is 17.3. The van der Waals surface area contributed by atoms with E-state index in [-0.39, 0.29) is 23.3 Å². The molecule has 0 amide bonds. The number of alkyl halides is 2. The Morgan fingerprint density at radius 1 is 0.516 bits per heavy atom. The second kappa shape index (κ2) is 18.8. The molecule has 31 heavy (non-hydrogen) atoms. The lowest BCUT2D eigenvalue weighted by molar-refractivity contribution is -0.233. The first-order valence-corrected chi connectivity index (χ1v) is 13.4. The predicted molar refractivity (Wildman–Crippen MR) is 136 cm³/mol. The summed E-state index contributed by atoms with van der Waals surface area (Å²) in [7, 11) is 3.46. The van der Waals surface area contributed by atoms with Gasteiger partial charge in [-0.2, -0.15) is 0 Å². The summed E-state index contributed by atoms with van der Waals surface area (Å²) in [5, 5.41) is 0.528. The van der Waals surface area contributed by atoms with Gasteiger partial charge in [0.05, 0.1) is 0 Å². The van der Waals surface area contributed by atoms with Gasteiger partial charge in [0, 0.05) is 25.0 Å². The van der Waals surface area contributed by atoms with Crippen LogP contribution in [0, 0.1) is 23.7 Å². The summed E-state index contributed by atoms with van der Waals surface area (Å²) in [6.45, 7) is 13.5. The summed E-state index contributed by atoms with van der Waals surface area (Å²) in [5.74, 6) is 2.76. The second-order valence-corrected chi connectivity index (χ2v) is 11.7. The van der Waals surface area contributed by atoms with Crippen LogP contribution in [0.5, 0.6) is 0 Å². The molecule has 188 valence electrons. The molecule has 0 aromatic heterocycles. The molecule has 0 aliphatic carbocycles. The third kappa shape index (κ3) is 18.6. The van der Waals surface area contributed by atoms with E-state index >= 15 is 0 Å². The molecule has 8 atom stereocenters. The maximum Gasteiger partial charge on any atom is 0.160 e. The number of hydrogen-bond acceptors (Lipinski definition) is 3. The molecule has 0 aliphatic rings. The Morgan fingerprint density at radius 2 is 0.871 bits per heavy atom. The van der Waals surface area contributed by atoms with Crippen molar-refractivity contribution in [3.05, 3.63) is 0 Å². The van der Waals surface area contributed by atoms with Crippen LogP contribution in [0.3, 0.4) is 0 Å². The Bertz CT molecular complexity index is 370. The van der Waals surface area contributed by atoms with Crippen molar-refractivity contribution in [1.29, 1.82) is 0 Å². The molecule has 0 rings (SSSR count). The first kappa shape index (κ1) is 31.5. The van der Waals surface area contributed by atoms with E-state index in [4.69, 9.17) is 37.4 Å². The molecule has 0 spiro atoms. The molecule has 0 saturated heterocycles. The van der Waals surface area contributed by atoms with Crippen LogP contribution in [0.25, 0.3) is 0 Å². The lowest BCUT2D eigenvalue weighted by Gasteiger charge is -2.24. The van der Waals surface area contributed by atoms with Crippen molar-refractivity contribution in [3.63, 3.8) is 0 Å². The van der Waals surface area contributed by atoms with Gasteiger partial charge in [0.1, 0.15) is 0 Å². The highest BCUT2D eigenvalue weighted by atomic mass is 35.5. The van der Waals surface area contributed by atoms with Gasteiger partial charge in [-0.05, 0) is 88.9 Å². The van der Waals surface area contributed by atoms with Gasteiger partial charge < -0.3 is 14.2 Å². The van der Waals surface area contributed by atoms with Crippen molar-refractivity contribution in [2.75, 3.05) is 14.2 Å². The van der Waals surface area contributed by atoms with Crippen molar-refractivity contribution >= 4 is 23.2 Å². The monoisotopic (exact) mass is 482 g/mol. The van der Waals surface area contributed by atoms with Crippen LogP contribution >= 0.6 is 23.2 Å². The van der Waals surface area contributed by atoms with Gasteiger partial charge in [-0.15, -0.1) is 23.2 Å². The summed E-state index contributed by atoms with van der Waals surface area (Å²) in [5.41, 5.74) is 0. The maximum atomic E-state index is 6.13. The lowest BCUT2D eigenvalue weighted by atomic mass is 9.90. The SMILES string of the molecule is COC(CCCC(C)CC(C)CC(C)Cl)OC(CCCC(C)CC(C)CC(C)Cl)OC. The van der Waals surface area contributed by atoms with Crippen LogP contribution in [0.4, 0.5) is 0 Å². The van der Waals surface area contributed by atoms with Gasteiger partial charge in [-0.1, -0.05) is 40.5 Å². The Morgan fingerprint density at radius 3 is 1.16 bits per heavy atom. The number of halogens is 2. The molecule has 0 aromatic rings. The van der Waals surface area contributed by atoms with E-state index in [9.17, 15) is 0 Å². The Kier molecular flexibility index (Phi) is 19.1. The van der Waals surface area contributed by atoms with E-state index in [0.717, 1.165) is 38.5 Å². The van der Waals surface area contributed by atoms with E-state index in [0.29, 0.717) is 23.7 Å². The fraction of sp³-hybridized carbons (Fsp3) is 1.00. The van der Waals surface area contributed by atoms with Gasteiger partial charge in [-0.3, -0.25) is 0 Å². The second-order valence-electron chi connectivity index (χ2n) is 10.3. The molecule has 0 N–H and O–H groups in total. The molecule has 0 radical (unpaired) electrons. The molecule has 0 bridgehead atoms. The molecule has 0 heterocycles. The molecule has 0 saturated carbocycles. The van der Waals surface area contributed by atoms with Crippen molar-refractivity contribution in [2.45, 2.75) is 129 Å². The quantitative estimate of drug-likeness (QED) is 0.128. The molecule has 0 fully saturated rings. The van der Waals surface area contributed by atoms with E-state index in [1.54, 1.807) is 14.2 Å². The van der Waals surface area contributed by atoms with Crippen LogP contribution in [0.2, 0.25) is 0 Å². The predicted octanol–water partition coefficient (Wildman–Crippen LogP) is 8.65. The highest BCUT2D eigenvalue weighted by Gasteiger charge is 2.18. The van der Waals surface area contributed by atoms with E-state index in [1.165, 1.54) is 25.7 Å². The summed E-state index contributed by atoms with van der Waals surface area (Å²) >= 11 is 12.3. The molecule has 8 unspecified atom stereocenters. The van der Waals surface area contributed by atoms with Gasteiger partial charge >= 0.3 is 0 Å². The van der Waals surface area contributed by atoms with Crippen LogP contribution in [-0.2, 0) is 14.2 Å². The van der Waals surface area contributed by atoms with Crippen LogP contribution in [0.15, 0.2) is 0 Å². The maximum absolute atomic E-state index is 6.13. The molecular weight excluding hydrogens is 431 g/mol. The van der Waals surface area contributed by atoms with E-state index in [2.05, 4.69) is 41.5 Å². The molecule has 0 aliphatic heterocycles. The Labute approximate surface area is 204 Å². The first-order chi connectivity index (χ1) is 14.6. The fourth-order valence-electron chi connectivity index (χ4n) is 4.83. The lowest BCUT2D eigenvalue weighted by Crippen LogP contribution is -2.25. The van der Waals surface area contributed by atoms with Crippen molar-refractivity contribution in [2.24, 2.45) is 23.7 Å². The molecule has 0 aromatic carbocycles. The van der Waals surface area contributed by atoms with Crippen molar-refractivity contribution in [1.82, 2.24) is 0 Å². The Hall–Kier alpha value is 0.460. The molecular formula is C26H52Cl2O3. The highest BCUT2D eigenvalue weighted by molar-refractivity contribution is 6.20. The van der Waals surface area contributed by atoms with Crippen molar-refractivity contribution in [3.8, 4) is 0 Å². The first-order valence-electron chi connectivity index (χ1n) is 12.6. The topological polar surface area (TPSA) is 27.7 Å².